The van der Waals surface area contributed by atoms with Gasteiger partial charge in [-0.05, 0) is 29.8 Å². The van der Waals surface area contributed by atoms with E-state index >= 15 is 0 Å². The van der Waals surface area contributed by atoms with Crippen LogP contribution in [0.3, 0.4) is 0 Å². The second-order valence-corrected chi connectivity index (χ2v) is 6.96. The Bertz CT molecular complexity index is 1100. The first-order valence-corrected chi connectivity index (χ1v) is 9.35. The van der Waals surface area contributed by atoms with Crippen LogP contribution in [0.2, 0.25) is 5.02 Å². The highest BCUT2D eigenvalue weighted by atomic mass is 35.5. The normalized spacial score (nSPS) is 11.6. The summed E-state index contributed by atoms with van der Waals surface area (Å²) in [4.78, 5) is 39.6. The van der Waals surface area contributed by atoms with Crippen molar-refractivity contribution in [1.82, 2.24) is 10.3 Å². The van der Waals surface area contributed by atoms with Gasteiger partial charge in [0.1, 0.15) is 17.4 Å². The molecule has 4 N–H and O–H groups in total. The summed E-state index contributed by atoms with van der Waals surface area (Å²) in [6.07, 6.45) is 0.0997. The first-order chi connectivity index (χ1) is 14.3. The summed E-state index contributed by atoms with van der Waals surface area (Å²) < 4.78 is 0. The fourth-order valence-corrected chi connectivity index (χ4v) is 3.03. The predicted molar refractivity (Wildman–Crippen MR) is 112 cm³/mol. The second-order valence-electron chi connectivity index (χ2n) is 6.53. The third kappa shape index (κ3) is 5.24. The van der Waals surface area contributed by atoms with Gasteiger partial charge in [-0.2, -0.15) is 0 Å². The predicted octanol–water partition coefficient (Wildman–Crippen LogP) is 2.81. The maximum atomic E-state index is 12.1. The van der Waals surface area contributed by atoms with Gasteiger partial charge in [0, 0.05) is 17.0 Å². The Hall–Kier alpha value is -3.65. The van der Waals surface area contributed by atoms with Crippen LogP contribution in [0.15, 0.2) is 54.6 Å². The number of hydrogen-bond acceptors (Lipinski definition) is 5. The number of carbonyl (C=O) groups excluding carboxylic acids is 1. The maximum absolute atomic E-state index is 12.1. The van der Waals surface area contributed by atoms with E-state index in [0.717, 1.165) is 5.56 Å². The van der Waals surface area contributed by atoms with E-state index in [9.17, 15) is 24.6 Å². The summed E-state index contributed by atoms with van der Waals surface area (Å²) in [5.74, 6) is -3.00. The second kappa shape index (κ2) is 9.23. The lowest BCUT2D eigenvalue weighted by molar-refractivity contribution is -0.137. The molecule has 8 nitrogen and oxygen atoms in total. The Balaban J connectivity index is 1.77. The minimum absolute atomic E-state index is 0.0997. The number of aliphatic carboxylic acids is 1. The number of carbonyl (C=O) groups is 3. The molecule has 0 spiro atoms. The molecule has 154 valence electrons. The fourth-order valence-electron chi connectivity index (χ4n) is 2.85. The first kappa shape index (κ1) is 21.1. The highest BCUT2D eigenvalue weighted by molar-refractivity contribution is 6.31. The van der Waals surface area contributed by atoms with Crippen molar-refractivity contribution in [3.63, 3.8) is 0 Å². The number of carboxylic acids is 2. The van der Waals surface area contributed by atoms with Crippen LogP contribution < -0.4 is 10.6 Å². The molecular formula is C21H18ClN3O5. The Morgan fingerprint density at radius 2 is 1.77 bits per heavy atom. The minimum atomic E-state index is -1.28. The lowest BCUT2D eigenvalue weighted by Gasteiger charge is -2.18. The number of nitrogens with zero attached hydrogens (tertiary/aromatic N) is 1. The van der Waals surface area contributed by atoms with E-state index in [1.807, 2.05) is 6.07 Å². The molecule has 1 heterocycles. The van der Waals surface area contributed by atoms with Gasteiger partial charge in [0.25, 0.3) is 0 Å². The Morgan fingerprint density at radius 3 is 2.43 bits per heavy atom. The number of nitrogens with one attached hydrogen (secondary N) is 2. The molecule has 0 radical (unpaired) electrons. The first-order valence-electron chi connectivity index (χ1n) is 8.97. The molecule has 1 amide bonds. The standard InChI is InChI=1S/C21H18ClN3O5/c22-14-6-7-16-13(9-14)10-15(20(27)28)19(24-16)25-17(21(29)30)11-23-18(26)8-12-4-2-1-3-5-12/h1-7,9-10,17H,8,11H2,(H,23,26)(H,24,25)(H,27,28)(H,29,30). The van der Waals surface area contributed by atoms with Gasteiger partial charge in [0.15, 0.2) is 0 Å². The average Bonchev–Trinajstić information content (AvgIpc) is 2.71. The summed E-state index contributed by atoms with van der Waals surface area (Å²) in [5.41, 5.74) is 1.04. The molecule has 0 bridgehead atoms. The molecule has 0 aliphatic carbocycles. The molecule has 0 saturated heterocycles. The number of aromatic carboxylic acids is 1. The van der Waals surface area contributed by atoms with Crippen LogP contribution in [0.5, 0.6) is 0 Å². The van der Waals surface area contributed by atoms with Crippen molar-refractivity contribution >= 4 is 46.2 Å². The number of pyridine rings is 1. The average molecular weight is 428 g/mol. The Morgan fingerprint density at radius 1 is 1.03 bits per heavy atom. The van der Waals surface area contributed by atoms with Crippen LogP contribution >= 0.6 is 11.6 Å². The quantitative estimate of drug-likeness (QED) is 0.435. The van der Waals surface area contributed by atoms with Crippen molar-refractivity contribution < 1.29 is 24.6 Å². The maximum Gasteiger partial charge on any atom is 0.339 e. The Kier molecular flexibility index (Phi) is 6.48. The highest BCUT2D eigenvalue weighted by Gasteiger charge is 2.22. The topological polar surface area (TPSA) is 129 Å². The van der Waals surface area contributed by atoms with Crippen molar-refractivity contribution in [1.29, 1.82) is 0 Å². The summed E-state index contributed by atoms with van der Waals surface area (Å²) in [7, 11) is 0. The van der Waals surface area contributed by atoms with E-state index in [2.05, 4.69) is 15.6 Å². The smallest absolute Gasteiger partial charge is 0.339 e. The number of fused-ring (bicyclic) bond motifs is 1. The number of anilines is 1. The van der Waals surface area contributed by atoms with Gasteiger partial charge in [-0.15, -0.1) is 0 Å². The third-order valence-electron chi connectivity index (χ3n) is 4.33. The number of carboxylic acid groups (broad SMARTS) is 2. The van der Waals surface area contributed by atoms with E-state index < -0.39 is 18.0 Å². The molecule has 1 unspecified atom stereocenters. The number of benzene rings is 2. The van der Waals surface area contributed by atoms with Gasteiger partial charge >= 0.3 is 11.9 Å². The number of hydrogen-bond donors (Lipinski definition) is 4. The number of halogens is 1. The zero-order chi connectivity index (χ0) is 21.7. The largest absolute Gasteiger partial charge is 0.480 e. The molecule has 0 saturated carbocycles. The van der Waals surface area contributed by atoms with Gasteiger partial charge in [-0.1, -0.05) is 41.9 Å². The van der Waals surface area contributed by atoms with Crippen molar-refractivity contribution in [2.75, 3.05) is 11.9 Å². The molecule has 2 aromatic carbocycles. The van der Waals surface area contributed by atoms with Gasteiger partial charge in [-0.25, -0.2) is 14.6 Å². The van der Waals surface area contributed by atoms with Gasteiger partial charge < -0.3 is 20.8 Å². The van der Waals surface area contributed by atoms with Gasteiger partial charge in [0.05, 0.1) is 11.9 Å². The summed E-state index contributed by atoms with van der Waals surface area (Å²) in [6, 6.07) is 13.9. The van der Waals surface area contributed by atoms with E-state index in [-0.39, 0.29) is 30.3 Å². The van der Waals surface area contributed by atoms with E-state index in [1.165, 1.54) is 6.07 Å². The number of aromatic nitrogens is 1. The van der Waals surface area contributed by atoms with Crippen molar-refractivity contribution in [2.24, 2.45) is 0 Å². The van der Waals surface area contributed by atoms with E-state index in [1.54, 1.807) is 42.5 Å². The van der Waals surface area contributed by atoms with Crippen LogP contribution in [-0.4, -0.2) is 45.6 Å². The van der Waals surface area contributed by atoms with E-state index in [0.29, 0.717) is 15.9 Å². The molecule has 0 fully saturated rings. The van der Waals surface area contributed by atoms with Crippen LogP contribution in [0.4, 0.5) is 5.82 Å². The molecule has 3 rings (SSSR count). The van der Waals surface area contributed by atoms with Gasteiger partial charge in [0.2, 0.25) is 5.91 Å². The molecule has 9 heteroatoms. The van der Waals surface area contributed by atoms with Crippen molar-refractivity contribution in [3.05, 3.63) is 70.7 Å². The molecule has 1 atom stereocenters. The molecule has 0 aliphatic heterocycles. The SMILES string of the molecule is O=C(Cc1ccccc1)NCC(Nc1nc2ccc(Cl)cc2cc1C(=O)O)C(=O)O. The lowest BCUT2D eigenvalue weighted by atomic mass is 10.1. The third-order valence-corrected chi connectivity index (χ3v) is 4.56. The van der Waals surface area contributed by atoms with Crippen molar-refractivity contribution in [3.8, 4) is 0 Å². The van der Waals surface area contributed by atoms with Crippen LogP contribution in [0.1, 0.15) is 15.9 Å². The molecule has 30 heavy (non-hydrogen) atoms. The molecular weight excluding hydrogens is 410 g/mol. The van der Waals surface area contributed by atoms with Gasteiger partial charge in [-0.3, -0.25) is 4.79 Å². The number of rotatable bonds is 8. The Labute approximate surface area is 176 Å². The lowest BCUT2D eigenvalue weighted by Crippen LogP contribution is -2.42. The monoisotopic (exact) mass is 427 g/mol. The molecule has 1 aromatic heterocycles. The summed E-state index contributed by atoms with van der Waals surface area (Å²) in [6.45, 7) is -0.250. The summed E-state index contributed by atoms with van der Waals surface area (Å²) in [5, 5.41) is 25.1. The molecule has 0 aliphatic rings. The van der Waals surface area contributed by atoms with Crippen molar-refractivity contribution in [2.45, 2.75) is 12.5 Å². The zero-order valence-corrected chi connectivity index (χ0v) is 16.4. The summed E-state index contributed by atoms with van der Waals surface area (Å²) >= 11 is 5.94. The van der Waals surface area contributed by atoms with Crippen LogP contribution in [0.25, 0.3) is 10.9 Å². The highest BCUT2D eigenvalue weighted by Crippen LogP contribution is 2.24. The van der Waals surface area contributed by atoms with Crippen LogP contribution in [-0.2, 0) is 16.0 Å². The number of amides is 1. The fraction of sp³-hybridized carbons (Fsp3) is 0.143. The minimum Gasteiger partial charge on any atom is -0.480 e. The van der Waals surface area contributed by atoms with E-state index in [4.69, 9.17) is 11.6 Å². The van der Waals surface area contributed by atoms with Crippen LogP contribution in [0, 0.1) is 0 Å². The molecule has 3 aromatic rings. The zero-order valence-electron chi connectivity index (χ0n) is 15.6.